The summed E-state index contributed by atoms with van der Waals surface area (Å²) in [6, 6.07) is 4.31. The third-order valence-electron chi connectivity index (χ3n) is 4.73. The molecule has 1 aliphatic carbocycles. The highest BCUT2D eigenvalue weighted by Crippen LogP contribution is 2.54. The van der Waals surface area contributed by atoms with E-state index in [-0.39, 0.29) is 11.0 Å². The molecule has 0 unspecified atom stereocenters. The second-order valence-electron chi connectivity index (χ2n) is 8.60. The number of nitrogens with one attached hydrogen (secondary N) is 1. The van der Waals surface area contributed by atoms with Crippen molar-refractivity contribution >= 4 is 0 Å². The van der Waals surface area contributed by atoms with Gasteiger partial charge in [-0.15, -0.1) is 0 Å². The fraction of sp³-hybridized carbons (Fsp3) is 0.722. The topological polar surface area (TPSA) is 24.9 Å². The molecule has 1 fully saturated rings. The molecule has 2 heteroatoms. The van der Waals surface area contributed by atoms with E-state index in [0.717, 1.165) is 12.5 Å². The lowest BCUT2D eigenvalue weighted by Crippen LogP contribution is -2.54. The second-order valence-corrected chi connectivity index (χ2v) is 8.60. The van der Waals surface area contributed by atoms with Crippen LogP contribution in [0.1, 0.15) is 59.9 Å². The van der Waals surface area contributed by atoms with Crippen LogP contribution in [0.2, 0.25) is 0 Å². The van der Waals surface area contributed by atoms with Crippen molar-refractivity contribution in [3.8, 4) is 0 Å². The van der Waals surface area contributed by atoms with E-state index in [1.165, 1.54) is 18.4 Å². The largest absolute Gasteiger partial charge is 0.311 e. The van der Waals surface area contributed by atoms with E-state index in [1.54, 1.807) is 0 Å². The molecule has 0 radical (unpaired) electrons. The van der Waals surface area contributed by atoms with Crippen molar-refractivity contribution in [3.05, 3.63) is 30.1 Å². The molecule has 20 heavy (non-hydrogen) atoms. The van der Waals surface area contributed by atoms with E-state index in [4.69, 9.17) is 0 Å². The molecule has 112 valence electrons. The van der Waals surface area contributed by atoms with Crippen molar-refractivity contribution in [3.63, 3.8) is 0 Å². The standard InChI is InChI=1S/C18H30N2/c1-16(2,3)15-10-18(11-15,13-20-17(4,5)6)14-8-7-9-19-12-14/h7-9,12,15,20H,10-11,13H2,1-6H3. The van der Waals surface area contributed by atoms with Gasteiger partial charge in [0.25, 0.3) is 0 Å². The molecule has 0 bridgehead atoms. The highest BCUT2D eigenvalue weighted by molar-refractivity contribution is 5.27. The number of aromatic nitrogens is 1. The van der Waals surface area contributed by atoms with Crippen LogP contribution in [0.15, 0.2) is 24.5 Å². The summed E-state index contributed by atoms with van der Waals surface area (Å²) in [5.74, 6) is 0.810. The average molecular weight is 274 g/mol. The van der Waals surface area contributed by atoms with Crippen molar-refractivity contribution in [1.29, 1.82) is 0 Å². The Balaban J connectivity index is 2.15. The zero-order valence-corrected chi connectivity index (χ0v) is 14.0. The number of pyridine rings is 1. The van der Waals surface area contributed by atoms with E-state index in [0.29, 0.717) is 5.41 Å². The maximum Gasteiger partial charge on any atom is 0.0306 e. The molecule has 0 saturated heterocycles. The van der Waals surface area contributed by atoms with Crippen LogP contribution in [-0.2, 0) is 5.41 Å². The van der Waals surface area contributed by atoms with Crippen LogP contribution in [0, 0.1) is 11.3 Å². The molecule has 2 nitrogen and oxygen atoms in total. The van der Waals surface area contributed by atoms with Gasteiger partial charge >= 0.3 is 0 Å². The van der Waals surface area contributed by atoms with Gasteiger partial charge < -0.3 is 5.32 Å². The van der Waals surface area contributed by atoms with Crippen molar-refractivity contribution in [2.24, 2.45) is 11.3 Å². The number of rotatable bonds is 3. The van der Waals surface area contributed by atoms with Gasteiger partial charge in [0.05, 0.1) is 0 Å². The summed E-state index contributed by atoms with van der Waals surface area (Å²) >= 11 is 0. The Morgan fingerprint density at radius 3 is 2.30 bits per heavy atom. The lowest BCUT2D eigenvalue weighted by Gasteiger charge is -2.54. The third-order valence-corrected chi connectivity index (χ3v) is 4.73. The quantitative estimate of drug-likeness (QED) is 0.895. The third kappa shape index (κ3) is 3.41. The molecular weight excluding hydrogens is 244 g/mol. The summed E-state index contributed by atoms with van der Waals surface area (Å²) in [4.78, 5) is 4.34. The van der Waals surface area contributed by atoms with E-state index in [9.17, 15) is 0 Å². The van der Waals surface area contributed by atoms with E-state index < -0.39 is 0 Å². The highest BCUT2D eigenvalue weighted by Gasteiger charge is 2.49. The second kappa shape index (κ2) is 5.14. The molecule has 0 spiro atoms. The van der Waals surface area contributed by atoms with Crippen molar-refractivity contribution in [1.82, 2.24) is 10.3 Å². The van der Waals surface area contributed by atoms with Gasteiger partial charge in [-0.25, -0.2) is 0 Å². The van der Waals surface area contributed by atoms with Gasteiger partial charge in [0.15, 0.2) is 0 Å². The normalized spacial score (nSPS) is 27.2. The molecule has 1 aromatic heterocycles. The van der Waals surface area contributed by atoms with Gasteiger partial charge in [0, 0.05) is 29.9 Å². The van der Waals surface area contributed by atoms with E-state index >= 15 is 0 Å². The lowest BCUT2D eigenvalue weighted by atomic mass is 9.52. The summed E-state index contributed by atoms with van der Waals surface area (Å²) in [5, 5.41) is 3.71. The minimum atomic E-state index is 0.169. The molecule has 1 heterocycles. The van der Waals surface area contributed by atoms with E-state index in [2.05, 4.69) is 70.2 Å². The lowest BCUT2D eigenvalue weighted by molar-refractivity contribution is 0.0408. The molecule has 0 atom stereocenters. The maximum atomic E-state index is 4.34. The first-order valence-electron chi connectivity index (χ1n) is 7.78. The molecule has 1 aromatic rings. The van der Waals surface area contributed by atoms with Crippen molar-refractivity contribution in [2.45, 2.75) is 65.3 Å². The number of hydrogen-bond acceptors (Lipinski definition) is 2. The Bertz CT molecular complexity index is 425. The molecule has 1 N–H and O–H groups in total. The molecular formula is C18H30N2. The van der Waals surface area contributed by atoms with Crippen LogP contribution in [0.4, 0.5) is 0 Å². The average Bonchev–Trinajstić information content (AvgIpc) is 2.25. The summed E-state index contributed by atoms with van der Waals surface area (Å²) in [7, 11) is 0. The van der Waals surface area contributed by atoms with Crippen LogP contribution < -0.4 is 5.32 Å². The van der Waals surface area contributed by atoms with Gasteiger partial charge in [-0.05, 0) is 56.6 Å². The Kier molecular flexibility index (Phi) is 3.98. The SMILES string of the molecule is CC(C)(C)NCC1(c2cccnc2)CC(C(C)(C)C)C1. The summed E-state index contributed by atoms with van der Waals surface area (Å²) in [6.45, 7) is 14.9. The minimum Gasteiger partial charge on any atom is -0.311 e. The van der Waals surface area contributed by atoms with Gasteiger partial charge in [0.1, 0.15) is 0 Å². The fourth-order valence-electron chi connectivity index (χ4n) is 3.09. The first-order chi connectivity index (χ1) is 9.12. The van der Waals surface area contributed by atoms with Crippen LogP contribution in [-0.4, -0.2) is 17.1 Å². The Hall–Kier alpha value is -0.890. The fourth-order valence-corrected chi connectivity index (χ4v) is 3.09. The first kappa shape index (κ1) is 15.5. The van der Waals surface area contributed by atoms with E-state index in [1.807, 2.05) is 6.20 Å². The Morgan fingerprint density at radius 1 is 1.20 bits per heavy atom. The zero-order chi connectivity index (χ0) is 15.0. The molecule has 2 rings (SSSR count). The van der Waals surface area contributed by atoms with Crippen LogP contribution in [0.5, 0.6) is 0 Å². The van der Waals surface area contributed by atoms with Gasteiger partial charge in [0.2, 0.25) is 0 Å². The molecule has 1 saturated carbocycles. The predicted octanol–water partition coefficient (Wildman–Crippen LogP) is 4.16. The number of nitrogens with zero attached hydrogens (tertiary/aromatic N) is 1. The summed E-state index contributed by atoms with van der Waals surface area (Å²) < 4.78 is 0. The molecule has 0 aromatic carbocycles. The van der Waals surface area contributed by atoms with Gasteiger partial charge in [-0.1, -0.05) is 26.8 Å². The minimum absolute atomic E-state index is 0.169. The number of hydrogen-bond donors (Lipinski definition) is 1. The van der Waals surface area contributed by atoms with Crippen molar-refractivity contribution < 1.29 is 0 Å². The predicted molar refractivity (Wildman–Crippen MR) is 85.8 cm³/mol. The van der Waals surface area contributed by atoms with Crippen molar-refractivity contribution in [2.75, 3.05) is 6.54 Å². The molecule has 0 amide bonds. The highest BCUT2D eigenvalue weighted by atomic mass is 15.0. The first-order valence-corrected chi connectivity index (χ1v) is 7.78. The summed E-state index contributed by atoms with van der Waals surface area (Å²) in [5.41, 5.74) is 2.26. The summed E-state index contributed by atoms with van der Waals surface area (Å²) in [6.07, 6.45) is 6.47. The maximum absolute atomic E-state index is 4.34. The van der Waals surface area contributed by atoms with Crippen LogP contribution in [0.25, 0.3) is 0 Å². The molecule has 1 aliphatic rings. The van der Waals surface area contributed by atoms with Crippen LogP contribution >= 0.6 is 0 Å². The zero-order valence-electron chi connectivity index (χ0n) is 14.0. The molecule has 0 aliphatic heterocycles. The Morgan fingerprint density at radius 2 is 1.85 bits per heavy atom. The smallest absolute Gasteiger partial charge is 0.0306 e. The monoisotopic (exact) mass is 274 g/mol. The van der Waals surface area contributed by atoms with Crippen LogP contribution in [0.3, 0.4) is 0 Å². The van der Waals surface area contributed by atoms with Gasteiger partial charge in [-0.2, -0.15) is 0 Å². The Labute approximate surface area is 124 Å². The van der Waals surface area contributed by atoms with Gasteiger partial charge in [-0.3, -0.25) is 4.98 Å².